The van der Waals surface area contributed by atoms with Crippen molar-refractivity contribution in [2.24, 2.45) is 17.6 Å². The van der Waals surface area contributed by atoms with Crippen molar-refractivity contribution in [1.82, 2.24) is 15.5 Å². The van der Waals surface area contributed by atoms with E-state index in [1.54, 1.807) is 29.2 Å². The lowest BCUT2D eigenvalue weighted by atomic mass is 9.86. The Bertz CT molecular complexity index is 1370. The number of hydrogen-bond acceptors (Lipinski definition) is 9. The largest absolute Gasteiger partial charge is 0.573 e. The van der Waals surface area contributed by atoms with Crippen LogP contribution in [0.1, 0.15) is 75.7 Å². The molecule has 2 aromatic carbocycles. The Kier molecular flexibility index (Phi) is 23.8. The van der Waals surface area contributed by atoms with E-state index in [4.69, 9.17) is 24.7 Å². The van der Waals surface area contributed by atoms with Crippen LogP contribution in [-0.2, 0) is 30.3 Å². The SMILES string of the molecule is CC(C)C.CC1CCC(N(Cc2ccc(C(=O)NCCC(=O)NCCOCCOCCOCCOCCN)cc2)C(=O)Nc2ccc(OC(F)(F)F)cc2)CC1. The minimum absolute atomic E-state index is 0.0207. The van der Waals surface area contributed by atoms with Crippen LogP contribution in [0.2, 0.25) is 0 Å². The van der Waals surface area contributed by atoms with Crippen LogP contribution in [0.3, 0.4) is 0 Å². The molecule has 0 heterocycles. The predicted octanol–water partition coefficient (Wildman–Crippen LogP) is 6.12. The van der Waals surface area contributed by atoms with Crippen molar-refractivity contribution < 1.29 is 51.2 Å². The fourth-order valence-electron chi connectivity index (χ4n) is 5.40. The summed E-state index contributed by atoms with van der Waals surface area (Å²) in [6, 6.07) is 11.5. The summed E-state index contributed by atoms with van der Waals surface area (Å²) >= 11 is 0. The van der Waals surface area contributed by atoms with E-state index in [1.165, 1.54) is 12.1 Å². The Balaban J connectivity index is 0.00000258. The number of amides is 4. The van der Waals surface area contributed by atoms with E-state index in [-0.39, 0.29) is 49.1 Å². The Hall–Kier alpha value is -3.96. The van der Waals surface area contributed by atoms with Gasteiger partial charge in [-0.15, -0.1) is 13.2 Å². The molecule has 0 bridgehead atoms. The minimum Gasteiger partial charge on any atom is -0.406 e. The maximum atomic E-state index is 13.4. The first-order valence-corrected chi connectivity index (χ1v) is 19.4. The van der Waals surface area contributed by atoms with Crippen molar-refractivity contribution >= 4 is 23.5 Å². The number of carbonyl (C=O) groups is 3. The van der Waals surface area contributed by atoms with Gasteiger partial charge in [0, 0.05) is 49.9 Å². The number of anilines is 1. The Morgan fingerprint density at radius 2 is 1.30 bits per heavy atom. The fraction of sp³-hybridized carbons (Fsp3) is 0.625. The summed E-state index contributed by atoms with van der Waals surface area (Å²) in [5.41, 5.74) is 6.88. The van der Waals surface area contributed by atoms with Gasteiger partial charge in [-0.2, -0.15) is 0 Å². The zero-order valence-corrected chi connectivity index (χ0v) is 33.3. The van der Waals surface area contributed by atoms with Gasteiger partial charge in [0.1, 0.15) is 5.75 Å². The molecule has 5 N–H and O–H groups in total. The Labute approximate surface area is 329 Å². The van der Waals surface area contributed by atoms with Gasteiger partial charge in [0.2, 0.25) is 5.91 Å². The third-order valence-electron chi connectivity index (χ3n) is 8.18. The second-order valence-electron chi connectivity index (χ2n) is 14.1. The van der Waals surface area contributed by atoms with E-state index < -0.39 is 6.36 Å². The monoisotopic (exact) mass is 797 g/mol. The number of nitrogens with zero attached hydrogens (tertiary/aromatic N) is 1. The normalized spacial score (nSPS) is 15.4. The molecule has 0 saturated heterocycles. The first kappa shape index (κ1) is 48.2. The van der Waals surface area contributed by atoms with E-state index in [1.807, 2.05) is 0 Å². The number of alkyl halides is 3. The number of nitrogens with two attached hydrogens (primary N) is 1. The van der Waals surface area contributed by atoms with E-state index in [0.29, 0.717) is 83.1 Å². The number of benzene rings is 2. The summed E-state index contributed by atoms with van der Waals surface area (Å²) in [6.45, 7) is 13.5. The molecule has 0 radical (unpaired) electrons. The topological polar surface area (TPSA) is 163 Å². The first-order valence-electron chi connectivity index (χ1n) is 19.4. The first-order chi connectivity index (χ1) is 26.8. The fourth-order valence-corrected chi connectivity index (χ4v) is 5.40. The molecule has 13 nitrogen and oxygen atoms in total. The third-order valence-corrected chi connectivity index (χ3v) is 8.18. The lowest BCUT2D eigenvalue weighted by Gasteiger charge is -2.36. The molecule has 0 aromatic heterocycles. The summed E-state index contributed by atoms with van der Waals surface area (Å²) in [4.78, 5) is 40.0. The molecule has 0 spiro atoms. The van der Waals surface area contributed by atoms with E-state index in [2.05, 4.69) is 48.4 Å². The highest BCUT2D eigenvalue weighted by atomic mass is 19.4. The smallest absolute Gasteiger partial charge is 0.406 e. The van der Waals surface area contributed by atoms with Gasteiger partial charge in [-0.1, -0.05) is 39.8 Å². The molecule has 1 saturated carbocycles. The molecule has 1 fully saturated rings. The maximum absolute atomic E-state index is 13.4. The van der Waals surface area contributed by atoms with Crippen LogP contribution >= 0.6 is 0 Å². The van der Waals surface area contributed by atoms with Crippen LogP contribution < -0.4 is 26.4 Å². The summed E-state index contributed by atoms with van der Waals surface area (Å²) in [5.74, 6) is 0.465. The van der Waals surface area contributed by atoms with Crippen LogP contribution in [0.4, 0.5) is 23.7 Å². The Morgan fingerprint density at radius 1 is 0.768 bits per heavy atom. The average Bonchev–Trinajstić information content (AvgIpc) is 3.14. The lowest BCUT2D eigenvalue weighted by Crippen LogP contribution is -2.44. The number of urea groups is 1. The second kappa shape index (κ2) is 27.6. The highest BCUT2D eigenvalue weighted by Crippen LogP contribution is 2.29. The zero-order valence-electron chi connectivity index (χ0n) is 33.3. The average molecular weight is 798 g/mol. The van der Waals surface area contributed by atoms with Crippen molar-refractivity contribution in [1.29, 1.82) is 0 Å². The number of nitrogens with one attached hydrogen (secondary N) is 3. The molecule has 16 heteroatoms. The van der Waals surface area contributed by atoms with Crippen LogP contribution in [-0.4, -0.2) is 108 Å². The molecule has 2 aromatic rings. The van der Waals surface area contributed by atoms with Crippen molar-refractivity contribution in [3.05, 3.63) is 59.7 Å². The number of halogens is 3. The number of rotatable bonds is 23. The zero-order chi connectivity index (χ0) is 41.2. The molecule has 56 heavy (non-hydrogen) atoms. The van der Waals surface area contributed by atoms with E-state index in [0.717, 1.165) is 49.3 Å². The number of carbonyl (C=O) groups excluding carboxylic acids is 3. The summed E-state index contributed by atoms with van der Waals surface area (Å²) in [6.07, 6.45) is -1.10. The molecular weight excluding hydrogens is 735 g/mol. The van der Waals surface area contributed by atoms with Crippen molar-refractivity contribution in [3.63, 3.8) is 0 Å². The molecule has 4 amide bonds. The van der Waals surface area contributed by atoms with Gasteiger partial charge in [-0.3, -0.25) is 9.59 Å². The minimum atomic E-state index is -4.81. The van der Waals surface area contributed by atoms with Gasteiger partial charge in [-0.05, 0) is 79.5 Å². The molecule has 3 rings (SSSR count). The van der Waals surface area contributed by atoms with Crippen molar-refractivity contribution in [2.45, 2.75) is 78.7 Å². The molecule has 0 aliphatic heterocycles. The van der Waals surface area contributed by atoms with Gasteiger partial charge in [0.05, 0.1) is 52.9 Å². The van der Waals surface area contributed by atoms with Crippen LogP contribution in [0.25, 0.3) is 0 Å². The molecule has 1 aliphatic rings. The van der Waals surface area contributed by atoms with Crippen LogP contribution in [0.5, 0.6) is 5.75 Å². The van der Waals surface area contributed by atoms with E-state index in [9.17, 15) is 27.6 Å². The number of hydrogen-bond donors (Lipinski definition) is 4. The standard InChI is InChI=1S/C36H52F3N5O8.C4H10/c1-27-2-10-31(11-3-27)44(35(47)43-30-8-12-32(13-9-30)52-36(37,38)39)26-28-4-6-29(7-5-28)34(46)42-16-14-33(45)41-17-19-49-21-23-51-25-24-50-22-20-48-18-15-40;1-4(2)3/h4-9,12-13,27,31H,2-3,10-11,14-26,40H2,1H3,(H,41,45)(H,42,46)(H,43,47);4H,1-3H3. The van der Waals surface area contributed by atoms with Gasteiger partial charge in [-0.25, -0.2) is 4.79 Å². The quantitative estimate of drug-likeness (QED) is 0.0971. The number of ether oxygens (including phenoxy) is 5. The maximum Gasteiger partial charge on any atom is 0.573 e. The lowest BCUT2D eigenvalue weighted by molar-refractivity contribution is -0.274. The predicted molar refractivity (Wildman–Crippen MR) is 208 cm³/mol. The van der Waals surface area contributed by atoms with Gasteiger partial charge in [0.25, 0.3) is 5.91 Å². The molecule has 316 valence electrons. The van der Waals surface area contributed by atoms with Gasteiger partial charge in [0.15, 0.2) is 0 Å². The highest BCUT2D eigenvalue weighted by molar-refractivity contribution is 5.94. The van der Waals surface area contributed by atoms with Crippen LogP contribution in [0.15, 0.2) is 48.5 Å². The molecule has 1 aliphatic carbocycles. The van der Waals surface area contributed by atoms with Gasteiger partial charge < -0.3 is 50.3 Å². The van der Waals surface area contributed by atoms with Gasteiger partial charge >= 0.3 is 12.4 Å². The van der Waals surface area contributed by atoms with Crippen molar-refractivity contribution in [2.75, 3.05) is 77.8 Å². The third kappa shape index (κ3) is 22.6. The van der Waals surface area contributed by atoms with E-state index >= 15 is 0 Å². The molecule has 0 atom stereocenters. The Morgan fingerprint density at radius 3 is 1.84 bits per heavy atom. The molecular formula is C40H62F3N5O8. The highest BCUT2D eigenvalue weighted by Gasteiger charge is 2.31. The van der Waals surface area contributed by atoms with Crippen LogP contribution in [0, 0.1) is 11.8 Å². The van der Waals surface area contributed by atoms with Crippen molar-refractivity contribution in [3.8, 4) is 5.75 Å². The summed E-state index contributed by atoms with van der Waals surface area (Å²) < 4.78 is 62.9. The molecule has 0 unspecified atom stereocenters. The summed E-state index contributed by atoms with van der Waals surface area (Å²) in [5, 5.41) is 8.28. The second-order valence-corrected chi connectivity index (χ2v) is 14.1. The summed E-state index contributed by atoms with van der Waals surface area (Å²) in [7, 11) is 0.